The second-order valence-electron chi connectivity index (χ2n) is 2.06. The molecule has 0 spiro atoms. The van der Waals surface area contributed by atoms with Crippen LogP contribution < -0.4 is 0 Å². The first-order chi connectivity index (χ1) is 5.06. The van der Waals surface area contributed by atoms with E-state index in [1.165, 1.54) is 5.57 Å². The molecule has 0 amide bonds. The minimum Gasteiger partial charge on any atom is -0.394 e. The second kappa shape index (κ2) is 22.6. The van der Waals surface area contributed by atoms with E-state index in [4.69, 9.17) is 10.2 Å². The van der Waals surface area contributed by atoms with Crippen molar-refractivity contribution in [1.29, 1.82) is 0 Å². The minimum atomic E-state index is -0.125. The number of hydrogen-bond donors (Lipinski definition) is 2. The van der Waals surface area contributed by atoms with E-state index in [0.29, 0.717) is 0 Å². The van der Waals surface area contributed by atoms with E-state index in [1.807, 2.05) is 13.8 Å². The van der Waals surface area contributed by atoms with Gasteiger partial charge < -0.3 is 14.9 Å². The van der Waals surface area contributed by atoms with Crippen molar-refractivity contribution in [2.45, 2.75) is 13.8 Å². The van der Waals surface area contributed by atoms with Crippen molar-refractivity contribution in [3.8, 4) is 0 Å². The molecular weight excluding hydrogens is 144 g/mol. The van der Waals surface area contributed by atoms with Gasteiger partial charge in [-0.1, -0.05) is 5.57 Å². The summed E-state index contributed by atoms with van der Waals surface area (Å²) >= 11 is 0. The summed E-state index contributed by atoms with van der Waals surface area (Å²) in [5.41, 5.74) is 1.17. The Morgan fingerprint density at radius 1 is 1.18 bits per heavy atom. The maximum atomic E-state index is 7.62. The van der Waals surface area contributed by atoms with Crippen molar-refractivity contribution in [3.05, 3.63) is 12.2 Å². The zero-order valence-electron chi connectivity index (χ0n) is 7.92. The number of hydrogen-bond acceptors (Lipinski definition) is 3. The summed E-state index contributed by atoms with van der Waals surface area (Å²) in [6.45, 7) is 7.25. The summed E-state index contributed by atoms with van der Waals surface area (Å²) < 4.78 is 4.25. The van der Waals surface area contributed by atoms with E-state index in [1.54, 1.807) is 14.2 Å². The predicted molar refractivity (Wildman–Crippen MR) is 47.6 cm³/mol. The summed E-state index contributed by atoms with van der Waals surface area (Å²) in [6.07, 6.45) is 0. The third-order valence-corrected chi connectivity index (χ3v) is 0.1000. The molecule has 11 heavy (non-hydrogen) atoms. The highest BCUT2D eigenvalue weighted by molar-refractivity contribution is 4.78. The summed E-state index contributed by atoms with van der Waals surface area (Å²) in [4.78, 5) is 0. The van der Waals surface area contributed by atoms with Gasteiger partial charge in [0.15, 0.2) is 0 Å². The standard InChI is InChI=1S/C4H8.C2H6O2.C2H6O/c1-4(2)3;3-1-2-4;1-3-2/h1H2,2-3H3;3-4H,1-2H2;1-2H3. The van der Waals surface area contributed by atoms with Gasteiger partial charge in [0.25, 0.3) is 0 Å². The van der Waals surface area contributed by atoms with Crippen LogP contribution in [0.25, 0.3) is 0 Å². The van der Waals surface area contributed by atoms with Gasteiger partial charge in [0.2, 0.25) is 0 Å². The molecule has 0 aliphatic carbocycles. The largest absolute Gasteiger partial charge is 0.394 e. The predicted octanol–water partition coefficient (Wildman–Crippen LogP) is 0.816. The van der Waals surface area contributed by atoms with E-state index in [-0.39, 0.29) is 13.2 Å². The van der Waals surface area contributed by atoms with Gasteiger partial charge in [-0.05, 0) is 13.8 Å². The van der Waals surface area contributed by atoms with Crippen LogP contribution in [0.4, 0.5) is 0 Å². The minimum absolute atomic E-state index is 0.125. The van der Waals surface area contributed by atoms with E-state index in [9.17, 15) is 0 Å². The molecule has 2 N–H and O–H groups in total. The summed E-state index contributed by atoms with van der Waals surface area (Å²) in [6, 6.07) is 0. The molecule has 0 aliphatic heterocycles. The fourth-order valence-electron chi connectivity index (χ4n) is 0. The van der Waals surface area contributed by atoms with Crippen LogP contribution in [-0.2, 0) is 4.74 Å². The number of aliphatic hydroxyl groups excluding tert-OH is 2. The Hall–Kier alpha value is -0.380. The van der Waals surface area contributed by atoms with Gasteiger partial charge in [-0.25, -0.2) is 0 Å². The van der Waals surface area contributed by atoms with Crippen molar-refractivity contribution in [3.63, 3.8) is 0 Å². The lowest BCUT2D eigenvalue weighted by Gasteiger charge is -1.70. The Labute approximate surface area is 69.3 Å². The van der Waals surface area contributed by atoms with Crippen LogP contribution in [0.1, 0.15) is 13.8 Å². The van der Waals surface area contributed by atoms with Crippen LogP contribution in [0.2, 0.25) is 0 Å². The number of ether oxygens (including phenoxy) is 1. The first-order valence-electron chi connectivity index (χ1n) is 3.30. The lowest BCUT2D eigenvalue weighted by Crippen LogP contribution is -1.85. The maximum absolute atomic E-state index is 7.62. The van der Waals surface area contributed by atoms with Gasteiger partial charge in [-0.15, -0.1) is 6.58 Å². The molecule has 0 bridgehead atoms. The lowest BCUT2D eigenvalue weighted by molar-refractivity contribution is 0.186. The second-order valence-corrected chi connectivity index (χ2v) is 2.06. The molecule has 0 heterocycles. The Morgan fingerprint density at radius 2 is 1.27 bits per heavy atom. The lowest BCUT2D eigenvalue weighted by atomic mass is 10.4. The van der Waals surface area contributed by atoms with Crippen molar-refractivity contribution >= 4 is 0 Å². The topological polar surface area (TPSA) is 49.7 Å². The van der Waals surface area contributed by atoms with Crippen molar-refractivity contribution in [1.82, 2.24) is 0 Å². The highest BCUT2D eigenvalue weighted by Crippen LogP contribution is 1.73. The van der Waals surface area contributed by atoms with E-state index in [0.717, 1.165) is 0 Å². The van der Waals surface area contributed by atoms with Gasteiger partial charge in [-0.2, -0.15) is 0 Å². The SMILES string of the molecule is C=C(C)C.COC.OCCO. The zero-order chi connectivity index (χ0) is 9.70. The molecule has 3 nitrogen and oxygen atoms in total. The van der Waals surface area contributed by atoms with Gasteiger partial charge >= 0.3 is 0 Å². The third-order valence-electron chi connectivity index (χ3n) is 0.1000. The van der Waals surface area contributed by atoms with Crippen LogP contribution in [0.3, 0.4) is 0 Å². The number of rotatable bonds is 1. The monoisotopic (exact) mass is 164 g/mol. The van der Waals surface area contributed by atoms with Crippen LogP contribution in [0.15, 0.2) is 12.2 Å². The smallest absolute Gasteiger partial charge is 0.0662 e. The molecule has 0 atom stereocenters. The fourth-order valence-corrected chi connectivity index (χ4v) is 0. The molecule has 0 aromatic rings. The molecule has 0 saturated carbocycles. The molecular formula is C8H20O3. The third kappa shape index (κ3) is 1450. The van der Waals surface area contributed by atoms with E-state index >= 15 is 0 Å². The first kappa shape index (κ1) is 16.9. The molecule has 3 heteroatoms. The molecule has 0 rings (SSSR count). The Bertz CT molecular complexity index is 56.4. The molecule has 0 fully saturated rings. The number of allylic oxidation sites excluding steroid dienone is 1. The molecule has 0 aliphatic rings. The summed E-state index contributed by atoms with van der Waals surface area (Å²) in [5.74, 6) is 0. The van der Waals surface area contributed by atoms with Crippen LogP contribution in [0.5, 0.6) is 0 Å². The van der Waals surface area contributed by atoms with E-state index < -0.39 is 0 Å². The average Bonchev–Trinajstić information content (AvgIpc) is 1.88. The maximum Gasteiger partial charge on any atom is 0.0662 e. The molecule has 0 saturated heterocycles. The molecule has 0 aromatic carbocycles. The van der Waals surface area contributed by atoms with Gasteiger partial charge in [-0.3, -0.25) is 0 Å². The molecule has 70 valence electrons. The van der Waals surface area contributed by atoms with Gasteiger partial charge in [0.1, 0.15) is 0 Å². The Morgan fingerprint density at radius 3 is 1.27 bits per heavy atom. The molecule has 0 aromatic heterocycles. The quantitative estimate of drug-likeness (QED) is 0.564. The summed E-state index contributed by atoms with van der Waals surface area (Å²) in [5, 5.41) is 15.2. The van der Waals surface area contributed by atoms with Crippen molar-refractivity contribution in [2.75, 3.05) is 27.4 Å². The van der Waals surface area contributed by atoms with Crippen LogP contribution in [-0.4, -0.2) is 37.6 Å². The molecule has 0 unspecified atom stereocenters. The van der Waals surface area contributed by atoms with Crippen LogP contribution in [0, 0.1) is 0 Å². The van der Waals surface area contributed by atoms with Crippen molar-refractivity contribution in [2.24, 2.45) is 0 Å². The van der Waals surface area contributed by atoms with Crippen molar-refractivity contribution < 1.29 is 14.9 Å². The van der Waals surface area contributed by atoms with Crippen LogP contribution >= 0.6 is 0 Å². The highest BCUT2D eigenvalue weighted by Gasteiger charge is 1.58. The Balaban J connectivity index is -0.0000000886. The Kier molecular flexibility index (Phi) is 34.8. The van der Waals surface area contributed by atoms with Gasteiger partial charge in [0, 0.05) is 14.2 Å². The van der Waals surface area contributed by atoms with Gasteiger partial charge in [0.05, 0.1) is 13.2 Å². The number of aliphatic hydroxyl groups is 2. The number of methoxy groups -OCH3 is 1. The first-order valence-corrected chi connectivity index (χ1v) is 3.30. The highest BCUT2D eigenvalue weighted by atomic mass is 16.4. The zero-order valence-corrected chi connectivity index (χ0v) is 7.92. The average molecular weight is 164 g/mol. The summed E-state index contributed by atoms with van der Waals surface area (Å²) in [7, 11) is 3.25. The fraction of sp³-hybridized carbons (Fsp3) is 0.750. The molecule has 0 radical (unpaired) electrons. The normalized spacial score (nSPS) is 6.73. The van der Waals surface area contributed by atoms with E-state index in [2.05, 4.69) is 11.3 Å².